The first-order chi connectivity index (χ1) is 8.90. The number of nitrogens with zero attached hydrogens (tertiary/aromatic N) is 1. The molecule has 0 spiro atoms. The fraction of sp³-hybridized carbons (Fsp3) is 0.500. The topological polar surface area (TPSA) is 40.5 Å². The monoisotopic (exact) mass is 345 g/mol. The van der Waals surface area contributed by atoms with Gasteiger partial charge in [0.2, 0.25) is 5.91 Å². The Bertz CT molecular complexity index is 408. The number of carbonyl (C=O) groups excluding carboxylic acids is 1. The Labute approximate surface area is 127 Å². The molecule has 0 bridgehead atoms. The van der Waals surface area contributed by atoms with Crippen LogP contribution in [0.25, 0.3) is 0 Å². The van der Waals surface area contributed by atoms with Gasteiger partial charge < -0.3 is 10.0 Å². The van der Waals surface area contributed by atoms with Gasteiger partial charge >= 0.3 is 0 Å². The summed E-state index contributed by atoms with van der Waals surface area (Å²) < 4.78 is 1.03. The predicted octanol–water partition coefficient (Wildman–Crippen LogP) is 3.16. The molecule has 0 aliphatic heterocycles. The molecule has 19 heavy (non-hydrogen) atoms. The van der Waals surface area contributed by atoms with Gasteiger partial charge in [0.25, 0.3) is 0 Å². The molecular weight excluding hydrogens is 326 g/mol. The average Bonchev–Trinajstić information content (AvgIpc) is 2.37. The number of hydrogen-bond donors (Lipinski definition) is 1. The van der Waals surface area contributed by atoms with E-state index in [0.717, 1.165) is 9.37 Å². The van der Waals surface area contributed by atoms with Crippen LogP contribution in [0.2, 0.25) is 0 Å². The molecule has 1 rings (SSSR count). The molecule has 0 saturated heterocycles. The van der Waals surface area contributed by atoms with E-state index in [1.54, 1.807) is 30.6 Å². The van der Waals surface area contributed by atoms with Gasteiger partial charge in [-0.3, -0.25) is 4.79 Å². The molecule has 1 amide bonds. The molecule has 2 unspecified atom stereocenters. The van der Waals surface area contributed by atoms with Crippen LogP contribution < -0.4 is 0 Å². The highest BCUT2D eigenvalue weighted by Crippen LogP contribution is 2.25. The summed E-state index contributed by atoms with van der Waals surface area (Å²) in [4.78, 5) is 14.9. The SMILES string of the molecule is CC(O)CCN(C)C(=O)C(C)Sc1ccc(Br)cc1. The number of amides is 1. The van der Waals surface area contributed by atoms with Crippen molar-refractivity contribution >= 4 is 33.6 Å². The number of hydrogen-bond acceptors (Lipinski definition) is 3. The molecule has 1 aromatic carbocycles. The maximum Gasteiger partial charge on any atom is 0.235 e. The van der Waals surface area contributed by atoms with Crippen LogP contribution >= 0.6 is 27.7 Å². The van der Waals surface area contributed by atoms with Crippen molar-refractivity contribution in [3.05, 3.63) is 28.7 Å². The van der Waals surface area contributed by atoms with E-state index in [9.17, 15) is 9.90 Å². The average molecular weight is 346 g/mol. The van der Waals surface area contributed by atoms with E-state index < -0.39 is 0 Å². The number of thioether (sulfide) groups is 1. The lowest BCUT2D eigenvalue weighted by molar-refractivity contribution is -0.129. The zero-order chi connectivity index (χ0) is 14.4. The number of benzene rings is 1. The number of rotatable bonds is 6. The van der Waals surface area contributed by atoms with Crippen LogP contribution in [0.4, 0.5) is 0 Å². The summed E-state index contributed by atoms with van der Waals surface area (Å²) >= 11 is 4.94. The van der Waals surface area contributed by atoms with Crippen LogP contribution in [0.15, 0.2) is 33.6 Å². The number of aliphatic hydroxyl groups excluding tert-OH is 1. The van der Waals surface area contributed by atoms with Gasteiger partial charge in [0.15, 0.2) is 0 Å². The Balaban J connectivity index is 2.50. The van der Waals surface area contributed by atoms with Crippen LogP contribution in [0, 0.1) is 0 Å². The highest BCUT2D eigenvalue weighted by Gasteiger charge is 2.18. The second-order valence-electron chi connectivity index (χ2n) is 4.61. The highest BCUT2D eigenvalue weighted by molar-refractivity contribution is 9.10. The summed E-state index contributed by atoms with van der Waals surface area (Å²) in [5.74, 6) is 0.0913. The fourth-order valence-corrected chi connectivity index (χ4v) is 2.82. The van der Waals surface area contributed by atoms with Crippen LogP contribution in [-0.4, -0.2) is 40.9 Å². The largest absolute Gasteiger partial charge is 0.393 e. The molecule has 0 heterocycles. The number of aliphatic hydroxyl groups is 1. The smallest absolute Gasteiger partial charge is 0.235 e. The Morgan fingerprint density at radius 3 is 2.47 bits per heavy atom. The van der Waals surface area contributed by atoms with Crippen molar-refractivity contribution in [1.29, 1.82) is 0 Å². The third-order valence-electron chi connectivity index (χ3n) is 2.73. The summed E-state index contributed by atoms with van der Waals surface area (Å²) in [5.41, 5.74) is 0. The van der Waals surface area contributed by atoms with Crippen LogP contribution in [0.5, 0.6) is 0 Å². The second-order valence-corrected chi connectivity index (χ2v) is 6.94. The zero-order valence-corrected chi connectivity index (χ0v) is 13.9. The minimum absolute atomic E-state index is 0.0913. The summed E-state index contributed by atoms with van der Waals surface area (Å²) in [6.07, 6.45) is 0.238. The molecule has 5 heteroatoms. The molecule has 0 fully saturated rings. The van der Waals surface area contributed by atoms with E-state index in [1.165, 1.54) is 0 Å². The highest BCUT2D eigenvalue weighted by atomic mass is 79.9. The Kier molecular flexibility index (Phi) is 6.89. The molecule has 1 N–H and O–H groups in total. The molecule has 2 atom stereocenters. The van der Waals surface area contributed by atoms with Gasteiger partial charge in [-0.25, -0.2) is 0 Å². The van der Waals surface area contributed by atoms with Crippen molar-refractivity contribution in [2.75, 3.05) is 13.6 Å². The molecule has 0 radical (unpaired) electrons. The van der Waals surface area contributed by atoms with Gasteiger partial charge in [-0.15, -0.1) is 11.8 Å². The van der Waals surface area contributed by atoms with Gasteiger partial charge in [0.05, 0.1) is 11.4 Å². The van der Waals surface area contributed by atoms with Gasteiger partial charge in [0.1, 0.15) is 0 Å². The first-order valence-corrected chi connectivity index (χ1v) is 7.92. The van der Waals surface area contributed by atoms with Gasteiger partial charge in [-0.05, 0) is 44.5 Å². The summed E-state index contributed by atoms with van der Waals surface area (Å²) in [6, 6.07) is 7.93. The molecule has 0 saturated carbocycles. The summed E-state index contributed by atoms with van der Waals surface area (Å²) in [6.45, 7) is 4.23. The minimum Gasteiger partial charge on any atom is -0.393 e. The van der Waals surface area contributed by atoms with E-state index in [-0.39, 0.29) is 17.3 Å². The first kappa shape index (κ1) is 16.5. The molecule has 0 aromatic heterocycles. The van der Waals surface area contributed by atoms with Gasteiger partial charge in [-0.2, -0.15) is 0 Å². The molecule has 1 aromatic rings. The van der Waals surface area contributed by atoms with E-state index in [0.29, 0.717) is 13.0 Å². The standard InChI is InChI=1S/C14H20BrNO2S/c1-10(17)8-9-16(3)14(18)11(2)19-13-6-4-12(15)5-7-13/h4-7,10-11,17H,8-9H2,1-3H3. The third-order valence-corrected chi connectivity index (χ3v) is 4.36. The molecule has 0 aliphatic carbocycles. The first-order valence-electron chi connectivity index (χ1n) is 6.25. The van der Waals surface area contributed by atoms with Gasteiger partial charge in [-0.1, -0.05) is 15.9 Å². The Morgan fingerprint density at radius 1 is 1.37 bits per heavy atom. The summed E-state index contributed by atoms with van der Waals surface area (Å²) in [7, 11) is 1.78. The van der Waals surface area contributed by atoms with E-state index in [1.807, 2.05) is 31.2 Å². The van der Waals surface area contributed by atoms with Crippen molar-refractivity contribution in [1.82, 2.24) is 4.90 Å². The normalized spacial score (nSPS) is 13.9. The van der Waals surface area contributed by atoms with Crippen LogP contribution in [0.3, 0.4) is 0 Å². The quantitative estimate of drug-likeness (QED) is 0.805. The second kappa shape index (κ2) is 7.92. The maximum atomic E-state index is 12.1. The van der Waals surface area contributed by atoms with Crippen molar-refractivity contribution in [2.24, 2.45) is 0 Å². The Hall–Kier alpha value is -0.520. The van der Waals surface area contributed by atoms with E-state index in [2.05, 4.69) is 15.9 Å². The van der Waals surface area contributed by atoms with Crippen molar-refractivity contribution in [3.63, 3.8) is 0 Å². The third kappa shape index (κ3) is 5.97. The van der Waals surface area contributed by atoms with Crippen LogP contribution in [0.1, 0.15) is 20.3 Å². The van der Waals surface area contributed by atoms with Crippen molar-refractivity contribution in [2.45, 2.75) is 36.5 Å². The molecule has 0 aliphatic rings. The fourth-order valence-electron chi connectivity index (χ4n) is 1.57. The molecule has 3 nitrogen and oxygen atoms in total. The van der Waals surface area contributed by atoms with Crippen molar-refractivity contribution < 1.29 is 9.90 Å². The van der Waals surface area contributed by atoms with E-state index in [4.69, 9.17) is 0 Å². The molecule has 106 valence electrons. The van der Waals surface area contributed by atoms with E-state index >= 15 is 0 Å². The zero-order valence-electron chi connectivity index (χ0n) is 11.5. The van der Waals surface area contributed by atoms with Crippen LogP contribution in [-0.2, 0) is 4.79 Å². The summed E-state index contributed by atoms with van der Waals surface area (Å²) in [5, 5.41) is 9.11. The number of carbonyl (C=O) groups is 1. The van der Waals surface area contributed by atoms with Gasteiger partial charge in [0, 0.05) is 23.0 Å². The maximum absolute atomic E-state index is 12.1. The minimum atomic E-state index is -0.371. The lowest BCUT2D eigenvalue weighted by Crippen LogP contribution is -2.35. The lowest BCUT2D eigenvalue weighted by atomic mass is 10.2. The molecular formula is C14H20BrNO2S. The lowest BCUT2D eigenvalue weighted by Gasteiger charge is -2.21. The van der Waals surface area contributed by atoms with Crippen molar-refractivity contribution in [3.8, 4) is 0 Å². The predicted molar refractivity (Wildman–Crippen MR) is 83.4 cm³/mol. The Morgan fingerprint density at radius 2 is 1.95 bits per heavy atom. The number of halogens is 1.